The summed E-state index contributed by atoms with van der Waals surface area (Å²) in [5.41, 5.74) is 0.608. The number of rotatable bonds is 5. The van der Waals surface area contributed by atoms with Crippen molar-refractivity contribution in [3.8, 4) is 0 Å². The molecule has 0 bridgehead atoms. The maximum absolute atomic E-state index is 13.8. The van der Waals surface area contributed by atoms with Gasteiger partial charge in [0.05, 0.1) is 5.56 Å². The van der Waals surface area contributed by atoms with Gasteiger partial charge in [0.2, 0.25) is 0 Å². The Morgan fingerprint density at radius 3 is 2.57 bits per heavy atom. The minimum absolute atomic E-state index is 0.143. The maximum Gasteiger partial charge on any atom is 0.335 e. The molecule has 1 aliphatic heterocycles. The van der Waals surface area contributed by atoms with Crippen molar-refractivity contribution in [2.45, 2.75) is 32.9 Å². The Kier molecular flexibility index (Phi) is 5.31. The van der Waals surface area contributed by atoms with Gasteiger partial charge in [-0.05, 0) is 31.5 Å². The van der Waals surface area contributed by atoms with Gasteiger partial charge in [0.25, 0.3) is 0 Å². The zero-order valence-corrected chi connectivity index (χ0v) is 12.7. The lowest BCUT2D eigenvalue weighted by molar-refractivity contribution is 0.0696. The van der Waals surface area contributed by atoms with E-state index in [2.05, 4.69) is 23.6 Å². The van der Waals surface area contributed by atoms with E-state index in [9.17, 15) is 9.18 Å². The highest BCUT2D eigenvalue weighted by atomic mass is 19.1. The van der Waals surface area contributed by atoms with Crippen molar-refractivity contribution in [3.05, 3.63) is 35.1 Å². The Bertz CT molecular complexity index is 499. The number of aromatic carboxylic acids is 1. The van der Waals surface area contributed by atoms with Crippen LogP contribution in [0.1, 0.15) is 36.2 Å². The second-order valence-corrected chi connectivity index (χ2v) is 5.68. The third kappa shape index (κ3) is 4.02. The standard InChI is InChI=1S/C16H23FN2O2/c1-3-12(2)19-8-6-18(7-9-19)11-14-10-13(16(20)21)4-5-15(14)17/h4-5,10,12H,3,6-9,11H2,1-2H3,(H,20,21). The fourth-order valence-electron chi connectivity index (χ4n) is 2.69. The van der Waals surface area contributed by atoms with Crippen LogP contribution in [-0.4, -0.2) is 53.1 Å². The lowest BCUT2D eigenvalue weighted by Crippen LogP contribution is -2.49. The van der Waals surface area contributed by atoms with Crippen LogP contribution in [0.5, 0.6) is 0 Å². The van der Waals surface area contributed by atoms with E-state index in [4.69, 9.17) is 5.11 Å². The van der Waals surface area contributed by atoms with Crippen LogP contribution < -0.4 is 0 Å². The summed E-state index contributed by atoms with van der Waals surface area (Å²) in [6, 6.07) is 4.58. The second-order valence-electron chi connectivity index (χ2n) is 5.68. The van der Waals surface area contributed by atoms with Crippen molar-refractivity contribution in [3.63, 3.8) is 0 Å². The van der Waals surface area contributed by atoms with Crippen LogP contribution in [0.3, 0.4) is 0 Å². The second kappa shape index (κ2) is 7.00. The van der Waals surface area contributed by atoms with E-state index in [1.54, 1.807) is 0 Å². The Labute approximate surface area is 125 Å². The van der Waals surface area contributed by atoms with E-state index in [1.807, 2.05) is 0 Å². The van der Waals surface area contributed by atoms with Crippen LogP contribution in [0.25, 0.3) is 0 Å². The number of hydrogen-bond donors (Lipinski definition) is 1. The SMILES string of the molecule is CCC(C)N1CCN(Cc2cc(C(=O)O)ccc2F)CC1. The summed E-state index contributed by atoms with van der Waals surface area (Å²) in [6.07, 6.45) is 1.13. The van der Waals surface area contributed by atoms with E-state index < -0.39 is 5.97 Å². The molecule has 1 aliphatic rings. The first-order valence-electron chi connectivity index (χ1n) is 7.49. The van der Waals surface area contributed by atoms with Crippen molar-refractivity contribution < 1.29 is 14.3 Å². The third-order valence-corrected chi connectivity index (χ3v) is 4.31. The van der Waals surface area contributed by atoms with Gasteiger partial charge in [0.1, 0.15) is 5.82 Å². The molecule has 5 heteroatoms. The van der Waals surface area contributed by atoms with Crippen LogP contribution in [-0.2, 0) is 6.54 Å². The molecule has 0 amide bonds. The van der Waals surface area contributed by atoms with Gasteiger partial charge in [0, 0.05) is 44.3 Å². The van der Waals surface area contributed by atoms with E-state index in [0.717, 1.165) is 32.6 Å². The molecule has 1 aromatic carbocycles. The highest BCUT2D eigenvalue weighted by Gasteiger charge is 2.21. The predicted octanol–water partition coefficient (Wildman–Crippen LogP) is 2.44. The minimum atomic E-state index is -1.02. The van der Waals surface area contributed by atoms with Crippen molar-refractivity contribution in [2.24, 2.45) is 0 Å². The summed E-state index contributed by atoms with van der Waals surface area (Å²) in [5, 5.41) is 8.99. The number of benzene rings is 1. The molecule has 1 atom stereocenters. The lowest BCUT2D eigenvalue weighted by Gasteiger charge is -2.37. The average Bonchev–Trinajstić information content (AvgIpc) is 2.49. The number of halogens is 1. The molecule has 1 unspecified atom stereocenters. The molecule has 4 nitrogen and oxygen atoms in total. The third-order valence-electron chi connectivity index (χ3n) is 4.31. The summed E-state index contributed by atoms with van der Waals surface area (Å²) < 4.78 is 13.8. The molecule has 2 rings (SSSR count). The molecule has 1 aromatic rings. The van der Waals surface area contributed by atoms with Gasteiger partial charge in [-0.2, -0.15) is 0 Å². The molecule has 0 aromatic heterocycles. The Morgan fingerprint density at radius 1 is 1.33 bits per heavy atom. The van der Waals surface area contributed by atoms with Gasteiger partial charge >= 0.3 is 5.97 Å². The van der Waals surface area contributed by atoms with Gasteiger partial charge in [-0.25, -0.2) is 9.18 Å². The normalized spacial score (nSPS) is 18.6. The van der Waals surface area contributed by atoms with Gasteiger partial charge in [-0.1, -0.05) is 6.92 Å². The van der Waals surface area contributed by atoms with Crippen molar-refractivity contribution in [2.75, 3.05) is 26.2 Å². The largest absolute Gasteiger partial charge is 0.478 e. The topological polar surface area (TPSA) is 43.8 Å². The average molecular weight is 294 g/mol. The summed E-state index contributed by atoms with van der Waals surface area (Å²) in [5.74, 6) is -1.35. The Balaban J connectivity index is 1.97. The number of piperazine rings is 1. The van der Waals surface area contributed by atoms with Gasteiger partial charge in [-0.15, -0.1) is 0 Å². The number of hydrogen-bond acceptors (Lipinski definition) is 3. The van der Waals surface area contributed by atoms with Crippen molar-refractivity contribution in [1.82, 2.24) is 9.80 Å². The smallest absolute Gasteiger partial charge is 0.335 e. The summed E-state index contributed by atoms with van der Waals surface area (Å²) in [4.78, 5) is 15.6. The first kappa shape index (κ1) is 15.9. The number of nitrogens with zero attached hydrogens (tertiary/aromatic N) is 2. The number of carbonyl (C=O) groups is 1. The van der Waals surface area contributed by atoms with Crippen LogP contribution in [0.2, 0.25) is 0 Å². The number of carboxylic acid groups (broad SMARTS) is 1. The van der Waals surface area contributed by atoms with Gasteiger partial charge < -0.3 is 5.11 Å². The molecule has 1 heterocycles. The fourth-order valence-corrected chi connectivity index (χ4v) is 2.69. The maximum atomic E-state index is 13.8. The molecule has 0 spiro atoms. The first-order valence-corrected chi connectivity index (χ1v) is 7.49. The summed E-state index contributed by atoms with van der Waals surface area (Å²) in [6.45, 7) is 8.63. The summed E-state index contributed by atoms with van der Waals surface area (Å²) in [7, 11) is 0. The monoisotopic (exact) mass is 294 g/mol. The van der Waals surface area contributed by atoms with E-state index in [-0.39, 0.29) is 11.4 Å². The Morgan fingerprint density at radius 2 is 2.00 bits per heavy atom. The molecule has 1 fully saturated rings. The molecule has 0 radical (unpaired) electrons. The van der Waals surface area contributed by atoms with Crippen molar-refractivity contribution >= 4 is 5.97 Å². The zero-order chi connectivity index (χ0) is 15.4. The van der Waals surface area contributed by atoms with E-state index in [0.29, 0.717) is 18.2 Å². The minimum Gasteiger partial charge on any atom is -0.478 e. The fraction of sp³-hybridized carbons (Fsp3) is 0.562. The highest BCUT2D eigenvalue weighted by molar-refractivity contribution is 5.87. The molecule has 1 N–H and O–H groups in total. The predicted molar refractivity (Wildman–Crippen MR) is 80.0 cm³/mol. The number of carboxylic acids is 1. The van der Waals surface area contributed by atoms with E-state index in [1.165, 1.54) is 18.2 Å². The Hall–Kier alpha value is -1.46. The molecule has 0 aliphatic carbocycles. The molecule has 1 saturated heterocycles. The van der Waals surface area contributed by atoms with Crippen LogP contribution >= 0.6 is 0 Å². The molecular formula is C16H23FN2O2. The zero-order valence-electron chi connectivity index (χ0n) is 12.7. The molecule has 116 valence electrons. The highest BCUT2D eigenvalue weighted by Crippen LogP contribution is 2.16. The summed E-state index contributed by atoms with van der Waals surface area (Å²) >= 11 is 0. The van der Waals surface area contributed by atoms with E-state index >= 15 is 0 Å². The van der Waals surface area contributed by atoms with Crippen LogP contribution in [0.4, 0.5) is 4.39 Å². The lowest BCUT2D eigenvalue weighted by atomic mass is 10.1. The molecular weight excluding hydrogens is 271 g/mol. The van der Waals surface area contributed by atoms with Crippen molar-refractivity contribution in [1.29, 1.82) is 0 Å². The first-order chi connectivity index (χ1) is 10.0. The van der Waals surface area contributed by atoms with Gasteiger partial charge in [-0.3, -0.25) is 9.80 Å². The molecule has 0 saturated carbocycles. The van der Waals surface area contributed by atoms with Gasteiger partial charge in [0.15, 0.2) is 0 Å². The quantitative estimate of drug-likeness (QED) is 0.906. The van der Waals surface area contributed by atoms with Crippen LogP contribution in [0.15, 0.2) is 18.2 Å². The molecule has 21 heavy (non-hydrogen) atoms. The van der Waals surface area contributed by atoms with Crippen LogP contribution in [0, 0.1) is 5.82 Å².